The van der Waals surface area contributed by atoms with Crippen molar-refractivity contribution in [1.29, 1.82) is 0 Å². The van der Waals surface area contributed by atoms with E-state index in [2.05, 4.69) is 9.47 Å². The molecule has 4 nitrogen and oxygen atoms in total. The highest BCUT2D eigenvalue weighted by Gasteiger charge is 2.47. The van der Waals surface area contributed by atoms with Crippen molar-refractivity contribution in [3.05, 3.63) is 29.8 Å². The summed E-state index contributed by atoms with van der Waals surface area (Å²) >= 11 is 0. The molecule has 0 saturated carbocycles. The van der Waals surface area contributed by atoms with E-state index in [0.29, 0.717) is 0 Å². The predicted molar refractivity (Wildman–Crippen MR) is 60.2 cm³/mol. The summed E-state index contributed by atoms with van der Waals surface area (Å²) in [7, 11) is 0. The minimum atomic E-state index is -4.70. The highest BCUT2D eigenvalue weighted by Crippen LogP contribution is 2.35. The van der Waals surface area contributed by atoms with Crippen LogP contribution in [0.3, 0.4) is 0 Å². The summed E-state index contributed by atoms with van der Waals surface area (Å²) < 4.78 is 84.5. The maximum Gasteiger partial charge on any atom is 0.461 e. The van der Waals surface area contributed by atoms with Gasteiger partial charge < -0.3 is 14.8 Å². The molecule has 1 atom stereocenters. The Balaban J connectivity index is 2.16. The first-order valence-electron chi connectivity index (χ1n) is 5.88. The molecule has 1 amide bonds. The quantitative estimate of drug-likeness (QED) is 0.862. The fourth-order valence-corrected chi connectivity index (χ4v) is 1.77. The van der Waals surface area contributed by atoms with Crippen LogP contribution in [0.15, 0.2) is 24.3 Å². The first-order chi connectivity index (χ1) is 10.1. The van der Waals surface area contributed by atoms with E-state index in [4.69, 9.17) is 0 Å². The summed E-state index contributed by atoms with van der Waals surface area (Å²) in [6.45, 7) is -1.13. The van der Waals surface area contributed by atoms with Crippen LogP contribution in [0.1, 0.15) is 11.6 Å². The second-order valence-electron chi connectivity index (χ2n) is 4.45. The molecule has 1 saturated heterocycles. The third kappa shape index (κ3) is 3.37. The number of rotatable bonds is 4. The fraction of sp³-hybridized carbons (Fsp3) is 0.417. The number of amides is 1. The van der Waals surface area contributed by atoms with E-state index in [1.54, 1.807) is 0 Å². The van der Waals surface area contributed by atoms with Crippen LogP contribution in [-0.4, -0.2) is 31.2 Å². The van der Waals surface area contributed by atoms with Crippen molar-refractivity contribution in [3.8, 4) is 5.75 Å². The number of alkyl halides is 6. The summed E-state index contributed by atoms with van der Waals surface area (Å²) in [5, 5.41) is 1.89. The molecule has 1 aliphatic heterocycles. The van der Waals surface area contributed by atoms with Crippen molar-refractivity contribution >= 4 is 6.09 Å². The average Bonchev–Trinajstić information content (AvgIpc) is 2.42. The van der Waals surface area contributed by atoms with Gasteiger partial charge in [-0.1, -0.05) is 12.1 Å². The molecule has 1 aromatic carbocycles. The van der Waals surface area contributed by atoms with E-state index >= 15 is 0 Å². The van der Waals surface area contributed by atoms with Crippen LogP contribution >= 0.6 is 0 Å². The lowest BCUT2D eigenvalue weighted by Crippen LogP contribution is -2.49. The number of hydrogen-bond donors (Lipinski definition) is 1. The van der Waals surface area contributed by atoms with Gasteiger partial charge in [-0.2, -0.15) is 17.6 Å². The van der Waals surface area contributed by atoms with E-state index < -0.39 is 42.9 Å². The van der Waals surface area contributed by atoms with E-state index in [0.717, 1.165) is 24.3 Å². The van der Waals surface area contributed by atoms with Gasteiger partial charge in [0, 0.05) is 0 Å². The van der Waals surface area contributed by atoms with Crippen molar-refractivity contribution in [2.75, 3.05) is 6.61 Å². The van der Waals surface area contributed by atoms with Crippen molar-refractivity contribution < 1.29 is 40.6 Å². The number of alkyl carbamates (subject to hydrolysis) is 1. The van der Waals surface area contributed by atoms with Crippen LogP contribution in [0.25, 0.3) is 0 Å². The van der Waals surface area contributed by atoms with Crippen molar-refractivity contribution in [2.24, 2.45) is 0 Å². The molecule has 1 aromatic rings. The van der Waals surface area contributed by atoms with E-state index in [-0.39, 0.29) is 5.56 Å². The highest BCUT2D eigenvalue weighted by molar-refractivity contribution is 5.69. The number of carbonyl (C=O) groups excluding carboxylic acids is 1. The van der Waals surface area contributed by atoms with Gasteiger partial charge in [0.25, 0.3) is 0 Å². The standard InChI is InChI=1S/C12H9F6NO3/c13-9(14)12(17,18)22-7-3-1-6(2-4-7)8-11(15,16)5-21-10(20)19-8/h1-4,8-9H,5H2,(H,19,20)/t8-/m1/s1. The molecule has 22 heavy (non-hydrogen) atoms. The monoisotopic (exact) mass is 329 g/mol. The zero-order chi connectivity index (χ0) is 16.5. The Morgan fingerprint density at radius 1 is 1.27 bits per heavy atom. The Kier molecular flexibility index (Phi) is 4.12. The molecule has 1 heterocycles. The zero-order valence-corrected chi connectivity index (χ0v) is 10.7. The summed E-state index contributed by atoms with van der Waals surface area (Å²) in [4.78, 5) is 11.0. The van der Waals surface area contributed by atoms with Gasteiger partial charge in [-0.25, -0.2) is 13.6 Å². The molecule has 1 aliphatic rings. The Hall–Kier alpha value is -2.13. The molecule has 0 spiro atoms. The molecular formula is C12H9F6NO3. The van der Waals surface area contributed by atoms with Gasteiger partial charge in [-0.15, -0.1) is 0 Å². The lowest BCUT2D eigenvalue weighted by Gasteiger charge is -2.31. The van der Waals surface area contributed by atoms with Crippen molar-refractivity contribution in [2.45, 2.75) is 24.5 Å². The smallest absolute Gasteiger partial charge is 0.443 e. The Bertz CT molecular complexity index is 548. The van der Waals surface area contributed by atoms with Crippen LogP contribution in [0.5, 0.6) is 5.75 Å². The van der Waals surface area contributed by atoms with Crippen LogP contribution in [-0.2, 0) is 4.74 Å². The third-order valence-electron chi connectivity index (χ3n) is 2.80. The molecule has 1 N–H and O–H groups in total. The molecule has 1 fully saturated rings. The number of benzene rings is 1. The Morgan fingerprint density at radius 2 is 1.86 bits per heavy atom. The summed E-state index contributed by atoms with van der Waals surface area (Å²) in [6.07, 6.45) is -9.79. The van der Waals surface area contributed by atoms with Crippen LogP contribution in [0, 0.1) is 0 Å². The SMILES string of the molecule is O=C1N[C@H](c2ccc(OC(F)(F)C(F)F)cc2)C(F)(F)CO1. The van der Waals surface area contributed by atoms with Gasteiger partial charge in [0.05, 0.1) is 0 Å². The lowest BCUT2D eigenvalue weighted by molar-refractivity contribution is -0.253. The van der Waals surface area contributed by atoms with E-state index in [1.165, 1.54) is 0 Å². The van der Waals surface area contributed by atoms with Gasteiger partial charge in [0.15, 0.2) is 6.61 Å². The largest absolute Gasteiger partial charge is 0.461 e. The van der Waals surface area contributed by atoms with Crippen LogP contribution in [0.4, 0.5) is 31.1 Å². The molecule has 0 aromatic heterocycles. The summed E-state index contributed by atoms with van der Waals surface area (Å²) in [5.74, 6) is -4.04. The van der Waals surface area contributed by atoms with Gasteiger partial charge in [-0.05, 0) is 17.7 Å². The number of nitrogens with one attached hydrogen (secondary N) is 1. The minimum absolute atomic E-state index is 0.116. The van der Waals surface area contributed by atoms with Crippen molar-refractivity contribution in [3.63, 3.8) is 0 Å². The summed E-state index contributed by atoms with van der Waals surface area (Å²) in [5.41, 5.74) is -0.116. The molecular weight excluding hydrogens is 320 g/mol. The van der Waals surface area contributed by atoms with Gasteiger partial charge in [0.2, 0.25) is 0 Å². The number of halogens is 6. The maximum atomic E-state index is 13.6. The second kappa shape index (κ2) is 5.58. The van der Waals surface area contributed by atoms with Gasteiger partial charge >= 0.3 is 24.5 Å². The minimum Gasteiger partial charge on any atom is -0.443 e. The third-order valence-corrected chi connectivity index (χ3v) is 2.80. The molecule has 2 rings (SSSR count). The fourth-order valence-electron chi connectivity index (χ4n) is 1.77. The molecule has 0 bridgehead atoms. The maximum absolute atomic E-state index is 13.6. The first kappa shape index (κ1) is 16.2. The molecule has 0 unspecified atom stereocenters. The highest BCUT2D eigenvalue weighted by atomic mass is 19.3. The molecule has 0 aliphatic carbocycles. The average molecular weight is 329 g/mol. The number of hydrogen-bond acceptors (Lipinski definition) is 3. The second-order valence-corrected chi connectivity index (χ2v) is 4.45. The Labute approximate surface area is 120 Å². The predicted octanol–water partition coefficient (Wildman–Crippen LogP) is 3.34. The zero-order valence-electron chi connectivity index (χ0n) is 10.7. The topological polar surface area (TPSA) is 47.6 Å². The molecule has 0 radical (unpaired) electrons. The normalized spacial score (nSPS) is 21.2. The van der Waals surface area contributed by atoms with Crippen LogP contribution in [0.2, 0.25) is 0 Å². The number of carbonyl (C=O) groups is 1. The lowest BCUT2D eigenvalue weighted by atomic mass is 10.00. The van der Waals surface area contributed by atoms with Gasteiger partial charge in [0.1, 0.15) is 11.8 Å². The Morgan fingerprint density at radius 3 is 2.41 bits per heavy atom. The van der Waals surface area contributed by atoms with Gasteiger partial charge in [-0.3, -0.25) is 0 Å². The number of cyclic esters (lactones) is 1. The van der Waals surface area contributed by atoms with Crippen molar-refractivity contribution in [1.82, 2.24) is 5.32 Å². The van der Waals surface area contributed by atoms with Crippen LogP contribution < -0.4 is 10.1 Å². The first-order valence-corrected chi connectivity index (χ1v) is 5.88. The molecule has 122 valence electrons. The van der Waals surface area contributed by atoms with E-state index in [9.17, 15) is 31.1 Å². The molecule has 10 heteroatoms. The summed E-state index contributed by atoms with van der Waals surface area (Å²) in [6, 6.07) is 1.84. The van der Waals surface area contributed by atoms with E-state index in [1.807, 2.05) is 5.32 Å². The number of ether oxygens (including phenoxy) is 2.